The van der Waals surface area contributed by atoms with Crippen molar-refractivity contribution >= 4 is 46.9 Å². The molecule has 0 bridgehead atoms. The number of aliphatic imine (C=N–C) groups is 1. The van der Waals surface area contributed by atoms with Crippen molar-refractivity contribution in [3.8, 4) is 0 Å². The highest BCUT2D eigenvalue weighted by Crippen LogP contribution is 2.45. The first-order valence-corrected chi connectivity index (χ1v) is 10.6. The smallest absolute Gasteiger partial charge is 0.338 e. The minimum Gasteiger partial charge on any atom is -0.463 e. The molecule has 2 aliphatic heterocycles. The van der Waals surface area contributed by atoms with E-state index in [1.165, 1.54) is 23.5 Å². The maximum absolute atomic E-state index is 13.7. The van der Waals surface area contributed by atoms with Gasteiger partial charge in [0.1, 0.15) is 11.9 Å². The van der Waals surface area contributed by atoms with Gasteiger partial charge in [-0.15, -0.1) is 11.3 Å². The second-order valence-corrected chi connectivity index (χ2v) is 8.17. The van der Waals surface area contributed by atoms with Crippen LogP contribution in [0.4, 0.5) is 4.39 Å². The molecule has 0 unspecified atom stereocenters. The summed E-state index contributed by atoms with van der Waals surface area (Å²) in [5.74, 6) is -0.470. The van der Waals surface area contributed by atoms with E-state index in [1.807, 2.05) is 10.3 Å². The van der Waals surface area contributed by atoms with E-state index >= 15 is 0 Å². The van der Waals surface area contributed by atoms with E-state index in [-0.39, 0.29) is 18.2 Å². The van der Waals surface area contributed by atoms with Crippen molar-refractivity contribution in [3.05, 3.63) is 61.9 Å². The summed E-state index contributed by atoms with van der Waals surface area (Å²) in [6, 6.07) is 3.68. The Morgan fingerprint density at radius 3 is 3.00 bits per heavy atom. The summed E-state index contributed by atoms with van der Waals surface area (Å²) in [6.45, 7) is 2.64. The molecular formula is C19H16BBrFN3O2S. The lowest BCUT2D eigenvalue weighted by Crippen LogP contribution is -2.35. The third-order valence-electron chi connectivity index (χ3n) is 4.74. The number of ether oxygens (including phenoxy) is 1. The molecule has 0 spiro atoms. The number of aromatic nitrogens is 1. The molecule has 4 rings (SSSR count). The average Bonchev–Trinajstić information content (AvgIpc) is 3.31. The van der Waals surface area contributed by atoms with Gasteiger partial charge in [0.25, 0.3) is 0 Å². The van der Waals surface area contributed by atoms with Crippen LogP contribution in [-0.2, 0) is 9.53 Å². The average molecular weight is 460 g/mol. The molecule has 1 fully saturated rings. The molecule has 0 N–H and O–H groups in total. The molecular weight excluding hydrogens is 444 g/mol. The predicted molar refractivity (Wildman–Crippen MR) is 110 cm³/mol. The molecule has 0 aliphatic carbocycles. The third-order valence-corrected chi connectivity index (χ3v) is 6.19. The number of carbonyl (C=O) groups excluding carboxylic acids is 1. The zero-order valence-electron chi connectivity index (χ0n) is 15.1. The Morgan fingerprint density at radius 2 is 2.32 bits per heavy atom. The second-order valence-electron chi connectivity index (χ2n) is 6.42. The molecule has 0 saturated carbocycles. The van der Waals surface area contributed by atoms with Gasteiger partial charge in [0, 0.05) is 28.3 Å². The molecule has 28 heavy (non-hydrogen) atoms. The molecule has 2 radical (unpaired) electrons. The summed E-state index contributed by atoms with van der Waals surface area (Å²) in [5.41, 5.74) is 1.78. The zero-order valence-corrected chi connectivity index (χ0v) is 17.5. The SMILES string of the molecule is [B][C@H]1CCN2C(c3nccs3)=N[C@@H](c3ccc(F)cc3Br)C(C(=O)OCC)=C12. The van der Waals surface area contributed by atoms with Gasteiger partial charge >= 0.3 is 5.97 Å². The van der Waals surface area contributed by atoms with Gasteiger partial charge in [0.05, 0.1) is 20.0 Å². The Labute approximate surface area is 175 Å². The van der Waals surface area contributed by atoms with Crippen LogP contribution in [0.2, 0.25) is 5.82 Å². The van der Waals surface area contributed by atoms with Crippen molar-refractivity contribution in [2.45, 2.75) is 25.2 Å². The first-order chi connectivity index (χ1) is 13.5. The van der Waals surface area contributed by atoms with Crippen molar-refractivity contribution in [1.82, 2.24) is 9.88 Å². The number of benzene rings is 1. The van der Waals surface area contributed by atoms with Crippen LogP contribution in [0.25, 0.3) is 0 Å². The van der Waals surface area contributed by atoms with Crippen molar-refractivity contribution in [1.29, 1.82) is 0 Å². The lowest BCUT2D eigenvalue weighted by molar-refractivity contribution is -0.139. The summed E-state index contributed by atoms with van der Waals surface area (Å²) in [7, 11) is 6.38. The van der Waals surface area contributed by atoms with Crippen molar-refractivity contribution in [2.24, 2.45) is 4.99 Å². The van der Waals surface area contributed by atoms with Gasteiger partial charge < -0.3 is 9.64 Å². The fourth-order valence-electron chi connectivity index (χ4n) is 3.57. The normalized spacial score (nSPS) is 21.5. The van der Waals surface area contributed by atoms with E-state index in [0.29, 0.717) is 40.1 Å². The number of allylic oxidation sites excluding steroid dienone is 1. The lowest BCUT2D eigenvalue weighted by atomic mass is 9.80. The second kappa shape index (κ2) is 7.79. The van der Waals surface area contributed by atoms with Crippen LogP contribution in [-0.4, -0.2) is 42.7 Å². The van der Waals surface area contributed by atoms with E-state index in [9.17, 15) is 9.18 Å². The Bertz CT molecular complexity index is 980. The van der Waals surface area contributed by atoms with Crippen LogP contribution in [0.3, 0.4) is 0 Å². The monoisotopic (exact) mass is 459 g/mol. The van der Waals surface area contributed by atoms with Gasteiger partial charge in [-0.05, 0) is 36.9 Å². The molecule has 2 aromatic rings. The van der Waals surface area contributed by atoms with Gasteiger partial charge in [-0.25, -0.2) is 14.2 Å². The molecule has 0 amide bonds. The number of halogens is 2. The molecule has 142 valence electrons. The number of esters is 1. The van der Waals surface area contributed by atoms with Gasteiger partial charge in [0.15, 0.2) is 10.8 Å². The van der Waals surface area contributed by atoms with E-state index in [2.05, 4.69) is 20.9 Å². The Hall–Kier alpha value is -2.00. The summed E-state index contributed by atoms with van der Waals surface area (Å²) in [5, 5.41) is 2.62. The van der Waals surface area contributed by atoms with Crippen LogP contribution in [0, 0.1) is 5.82 Å². The maximum atomic E-state index is 13.7. The van der Waals surface area contributed by atoms with Gasteiger partial charge in [0.2, 0.25) is 0 Å². The molecule has 2 aliphatic rings. The first-order valence-electron chi connectivity index (χ1n) is 8.88. The van der Waals surface area contributed by atoms with Crippen LogP contribution >= 0.6 is 27.3 Å². The predicted octanol–water partition coefficient (Wildman–Crippen LogP) is 4.03. The summed E-state index contributed by atoms with van der Waals surface area (Å²) in [6.07, 6.45) is 2.41. The molecule has 5 nitrogen and oxygen atoms in total. The van der Waals surface area contributed by atoms with Crippen molar-refractivity contribution in [3.63, 3.8) is 0 Å². The van der Waals surface area contributed by atoms with E-state index in [0.717, 1.165) is 5.01 Å². The molecule has 9 heteroatoms. The van der Waals surface area contributed by atoms with Crippen molar-refractivity contribution in [2.75, 3.05) is 13.2 Å². The van der Waals surface area contributed by atoms with Crippen LogP contribution < -0.4 is 0 Å². The topological polar surface area (TPSA) is 54.8 Å². The highest BCUT2D eigenvalue weighted by atomic mass is 79.9. The molecule has 1 aromatic heterocycles. The van der Waals surface area contributed by atoms with E-state index in [1.54, 1.807) is 19.2 Å². The molecule has 1 saturated heterocycles. The quantitative estimate of drug-likeness (QED) is 0.511. The Balaban J connectivity index is 1.93. The number of thiazole rings is 1. The minimum atomic E-state index is -0.664. The number of carbonyl (C=O) groups is 1. The van der Waals surface area contributed by atoms with Gasteiger partial charge in [-0.1, -0.05) is 22.0 Å². The largest absolute Gasteiger partial charge is 0.463 e. The minimum absolute atomic E-state index is 0.241. The van der Waals surface area contributed by atoms with E-state index < -0.39 is 12.0 Å². The highest BCUT2D eigenvalue weighted by molar-refractivity contribution is 9.10. The van der Waals surface area contributed by atoms with Gasteiger partial charge in [-0.2, -0.15) is 0 Å². The number of hydrogen-bond acceptors (Lipinski definition) is 6. The number of amidine groups is 1. The number of rotatable bonds is 4. The maximum Gasteiger partial charge on any atom is 0.338 e. The van der Waals surface area contributed by atoms with Crippen LogP contribution in [0.15, 0.2) is 50.5 Å². The van der Waals surface area contributed by atoms with Gasteiger partial charge in [-0.3, -0.25) is 4.99 Å². The third kappa shape index (κ3) is 3.30. The Morgan fingerprint density at radius 1 is 1.50 bits per heavy atom. The Kier molecular flexibility index (Phi) is 5.38. The standard InChI is InChI=1S/C19H16BBrFN3O2S/c1-2-27-19(26)14-15(11-4-3-10(22)9-13(11)21)24-17(18-23-6-8-28-18)25-7-5-12(20)16(14)25/h3-4,6,8-9,12,15H,2,5,7H2,1H3/t12-,15-/m0/s1. The molecule has 1 aromatic carbocycles. The fourth-order valence-corrected chi connectivity index (χ4v) is 4.77. The van der Waals surface area contributed by atoms with Crippen LogP contribution in [0.5, 0.6) is 0 Å². The van der Waals surface area contributed by atoms with Crippen LogP contribution in [0.1, 0.15) is 30.0 Å². The molecule has 2 atom stereocenters. The van der Waals surface area contributed by atoms with E-state index in [4.69, 9.17) is 17.6 Å². The number of fused-ring (bicyclic) bond motifs is 1. The number of hydrogen-bond donors (Lipinski definition) is 0. The summed E-state index contributed by atoms with van der Waals surface area (Å²) >= 11 is 4.88. The summed E-state index contributed by atoms with van der Waals surface area (Å²) < 4.78 is 19.5. The molecule has 3 heterocycles. The lowest BCUT2D eigenvalue weighted by Gasteiger charge is -2.33. The first kappa shape index (κ1) is 19.3. The van der Waals surface area contributed by atoms with Crippen molar-refractivity contribution < 1.29 is 13.9 Å². The zero-order chi connectivity index (χ0) is 19.8. The summed E-state index contributed by atoms with van der Waals surface area (Å²) in [4.78, 5) is 24.1. The highest BCUT2D eigenvalue weighted by Gasteiger charge is 2.42. The number of nitrogens with zero attached hydrogens (tertiary/aromatic N) is 3. The fraction of sp³-hybridized carbons (Fsp3) is 0.316.